The van der Waals surface area contributed by atoms with Crippen molar-refractivity contribution in [1.29, 1.82) is 0 Å². The molecule has 0 aromatic heterocycles. The van der Waals surface area contributed by atoms with Crippen LogP contribution in [0.4, 0.5) is 4.39 Å². The fourth-order valence-corrected chi connectivity index (χ4v) is 1.70. The van der Waals surface area contributed by atoms with Gasteiger partial charge in [0.05, 0.1) is 12.7 Å². The molecule has 1 N–H and O–H groups in total. The lowest BCUT2D eigenvalue weighted by Gasteiger charge is -2.07. The van der Waals surface area contributed by atoms with Crippen LogP contribution in [0.5, 0.6) is 5.75 Å². The van der Waals surface area contributed by atoms with E-state index in [1.807, 2.05) is 0 Å². The number of ketones is 1. The van der Waals surface area contributed by atoms with E-state index in [1.165, 1.54) is 32.1 Å². The number of halogens is 1. The van der Waals surface area contributed by atoms with Crippen LogP contribution in [0.2, 0.25) is 0 Å². The van der Waals surface area contributed by atoms with Crippen molar-refractivity contribution < 1.29 is 13.9 Å². The number of ether oxygens (including phenoxy) is 1. The van der Waals surface area contributed by atoms with Crippen molar-refractivity contribution in [2.45, 2.75) is 25.3 Å². The highest BCUT2D eigenvalue weighted by molar-refractivity contribution is 5.96. The van der Waals surface area contributed by atoms with Crippen molar-refractivity contribution >= 4 is 5.78 Å². The maximum Gasteiger partial charge on any atom is 0.175 e. The maximum absolute atomic E-state index is 13.8. The molecular weight excluding hydrogens is 221 g/mol. The first kappa shape index (κ1) is 12.0. The molecular formula is C13H16FNO2. The Kier molecular flexibility index (Phi) is 3.74. The predicted molar refractivity (Wildman–Crippen MR) is 62.9 cm³/mol. The number of methoxy groups -OCH3 is 1. The van der Waals surface area contributed by atoms with Gasteiger partial charge in [-0.15, -0.1) is 0 Å². The summed E-state index contributed by atoms with van der Waals surface area (Å²) in [6, 6.07) is 5.20. The van der Waals surface area contributed by atoms with E-state index in [0.717, 1.165) is 0 Å². The Labute approximate surface area is 100.0 Å². The molecule has 0 radical (unpaired) electrons. The highest BCUT2D eigenvalue weighted by atomic mass is 19.1. The van der Waals surface area contributed by atoms with Crippen LogP contribution in [-0.2, 0) is 0 Å². The summed E-state index contributed by atoms with van der Waals surface area (Å²) in [5, 5.41) is 3.23. The largest absolute Gasteiger partial charge is 0.494 e. The number of Topliss-reactive ketones (excluding diaryl/α,β-unsaturated/α-hetero) is 1. The molecule has 1 aliphatic carbocycles. The van der Waals surface area contributed by atoms with Gasteiger partial charge in [-0.25, -0.2) is 4.39 Å². The molecule has 0 bridgehead atoms. The summed E-state index contributed by atoms with van der Waals surface area (Å²) in [5.41, 5.74) is 0.113. The Hall–Kier alpha value is -1.42. The van der Waals surface area contributed by atoms with Crippen LogP contribution >= 0.6 is 0 Å². The van der Waals surface area contributed by atoms with Gasteiger partial charge in [0.15, 0.2) is 17.3 Å². The van der Waals surface area contributed by atoms with E-state index in [1.54, 1.807) is 6.07 Å². The number of benzene rings is 1. The van der Waals surface area contributed by atoms with Gasteiger partial charge in [-0.3, -0.25) is 4.79 Å². The molecule has 17 heavy (non-hydrogen) atoms. The molecule has 1 aromatic rings. The van der Waals surface area contributed by atoms with Crippen molar-refractivity contribution in [1.82, 2.24) is 5.32 Å². The van der Waals surface area contributed by atoms with Crippen molar-refractivity contribution in [2.75, 3.05) is 13.7 Å². The molecule has 1 aliphatic rings. The van der Waals surface area contributed by atoms with E-state index in [4.69, 9.17) is 4.74 Å². The van der Waals surface area contributed by atoms with Gasteiger partial charge in [-0.2, -0.15) is 0 Å². The second kappa shape index (κ2) is 5.27. The summed E-state index contributed by atoms with van der Waals surface area (Å²) in [7, 11) is 1.39. The van der Waals surface area contributed by atoms with Gasteiger partial charge in [0, 0.05) is 19.0 Å². The molecule has 2 rings (SSSR count). The van der Waals surface area contributed by atoms with Gasteiger partial charge in [-0.05, 0) is 25.0 Å². The molecule has 4 heteroatoms. The molecule has 3 nitrogen and oxygen atoms in total. The number of hydrogen-bond acceptors (Lipinski definition) is 3. The number of carbonyl (C=O) groups excluding carboxylic acids is 1. The minimum absolute atomic E-state index is 0.113. The Bertz CT molecular complexity index is 416. The van der Waals surface area contributed by atoms with Crippen LogP contribution in [0.3, 0.4) is 0 Å². The summed E-state index contributed by atoms with van der Waals surface area (Å²) >= 11 is 0. The normalized spacial score (nSPS) is 14.7. The van der Waals surface area contributed by atoms with Gasteiger partial charge in [-0.1, -0.05) is 6.07 Å². The Morgan fingerprint density at radius 2 is 2.29 bits per heavy atom. The van der Waals surface area contributed by atoms with Crippen molar-refractivity contribution in [3.8, 4) is 5.75 Å². The third kappa shape index (κ3) is 3.03. The fourth-order valence-electron chi connectivity index (χ4n) is 1.70. The molecule has 0 atom stereocenters. The summed E-state index contributed by atoms with van der Waals surface area (Å²) in [6.45, 7) is 0.611. The summed E-state index contributed by atoms with van der Waals surface area (Å²) in [5.74, 6) is -0.632. The number of rotatable bonds is 6. The van der Waals surface area contributed by atoms with Crippen molar-refractivity contribution in [2.24, 2.45) is 0 Å². The molecule has 1 fully saturated rings. The van der Waals surface area contributed by atoms with Gasteiger partial charge in [0.25, 0.3) is 0 Å². The Balaban J connectivity index is 1.97. The first-order valence-electron chi connectivity index (χ1n) is 5.81. The molecule has 0 saturated heterocycles. The minimum atomic E-state index is -0.563. The number of hydrogen-bond donors (Lipinski definition) is 1. The molecule has 0 heterocycles. The van der Waals surface area contributed by atoms with Crippen LogP contribution in [-0.4, -0.2) is 25.5 Å². The quantitative estimate of drug-likeness (QED) is 0.770. The second-order valence-corrected chi connectivity index (χ2v) is 4.22. The Morgan fingerprint density at radius 1 is 1.53 bits per heavy atom. The van der Waals surface area contributed by atoms with Crippen LogP contribution in [0.1, 0.15) is 29.6 Å². The summed E-state index contributed by atoms with van der Waals surface area (Å²) in [6.07, 6.45) is 2.68. The fraction of sp³-hybridized carbons (Fsp3) is 0.462. The molecule has 0 unspecified atom stereocenters. The van der Waals surface area contributed by atoms with E-state index < -0.39 is 5.82 Å². The standard InChI is InChI=1S/C13H16FNO2/c1-17-12-4-2-3-10(13(12)14)11(16)7-8-15-9-5-6-9/h2-4,9,15H,5-8H2,1H3. The van der Waals surface area contributed by atoms with Gasteiger partial charge in [0.1, 0.15) is 0 Å². The van der Waals surface area contributed by atoms with Crippen LogP contribution in [0.25, 0.3) is 0 Å². The lowest BCUT2D eigenvalue weighted by molar-refractivity contribution is 0.0978. The van der Waals surface area contributed by atoms with Crippen LogP contribution in [0.15, 0.2) is 18.2 Å². The highest BCUT2D eigenvalue weighted by Crippen LogP contribution is 2.21. The predicted octanol–water partition coefficient (Wildman–Crippen LogP) is 2.16. The van der Waals surface area contributed by atoms with Crippen LogP contribution < -0.4 is 10.1 Å². The highest BCUT2D eigenvalue weighted by Gasteiger charge is 2.21. The molecule has 0 aliphatic heterocycles. The smallest absolute Gasteiger partial charge is 0.175 e. The summed E-state index contributed by atoms with van der Waals surface area (Å²) in [4.78, 5) is 11.8. The topological polar surface area (TPSA) is 38.3 Å². The average Bonchev–Trinajstić information content (AvgIpc) is 3.13. The van der Waals surface area contributed by atoms with Crippen molar-refractivity contribution in [3.63, 3.8) is 0 Å². The Morgan fingerprint density at radius 3 is 2.94 bits per heavy atom. The third-order valence-electron chi connectivity index (χ3n) is 2.85. The minimum Gasteiger partial charge on any atom is -0.494 e. The maximum atomic E-state index is 13.8. The third-order valence-corrected chi connectivity index (χ3v) is 2.85. The van der Waals surface area contributed by atoms with Gasteiger partial charge < -0.3 is 10.1 Å². The van der Waals surface area contributed by atoms with Crippen LogP contribution in [0, 0.1) is 5.82 Å². The zero-order valence-corrected chi connectivity index (χ0v) is 9.83. The molecule has 92 valence electrons. The first-order valence-corrected chi connectivity index (χ1v) is 5.81. The SMILES string of the molecule is COc1cccc(C(=O)CCNC2CC2)c1F. The van der Waals surface area contributed by atoms with E-state index in [2.05, 4.69) is 5.32 Å². The van der Waals surface area contributed by atoms with Gasteiger partial charge in [0.2, 0.25) is 0 Å². The molecule has 1 aromatic carbocycles. The second-order valence-electron chi connectivity index (χ2n) is 4.22. The molecule has 0 spiro atoms. The summed E-state index contributed by atoms with van der Waals surface area (Å²) < 4.78 is 18.6. The number of nitrogens with one attached hydrogen (secondary N) is 1. The molecule has 1 saturated carbocycles. The monoisotopic (exact) mass is 237 g/mol. The first-order chi connectivity index (χ1) is 8.22. The van der Waals surface area contributed by atoms with Gasteiger partial charge >= 0.3 is 0 Å². The zero-order valence-electron chi connectivity index (χ0n) is 9.83. The zero-order chi connectivity index (χ0) is 12.3. The van der Waals surface area contributed by atoms with Crippen molar-refractivity contribution in [3.05, 3.63) is 29.6 Å². The molecule has 0 amide bonds. The average molecular weight is 237 g/mol. The van der Waals surface area contributed by atoms with E-state index in [9.17, 15) is 9.18 Å². The van der Waals surface area contributed by atoms with E-state index in [-0.39, 0.29) is 17.1 Å². The lowest BCUT2D eigenvalue weighted by atomic mass is 10.1. The van der Waals surface area contributed by atoms with E-state index in [0.29, 0.717) is 19.0 Å². The number of carbonyl (C=O) groups is 1. The lowest BCUT2D eigenvalue weighted by Crippen LogP contribution is -2.20. The van der Waals surface area contributed by atoms with E-state index >= 15 is 0 Å².